The zero-order chi connectivity index (χ0) is 10.4. The van der Waals surface area contributed by atoms with Crippen molar-refractivity contribution in [2.75, 3.05) is 26.7 Å². The molecule has 1 aromatic heterocycles. The smallest absolute Gasteiger partial charge is 0.0595 e. The van der Waals surface area contributed by atoms with Gasteiger partial charge in [0.25, 0.3) is 0 Å². The molecule has 0 aromatic carbocycles. The second kappa shape index (κ2) is 6.14. The maximum Gasteiger partial charge on any atom is 0.0595 e. The van der Waals surface area contributed by atoms with Crippen LogP contribution in [0.4, 0.5) is 0 Å². The number of nitrogens with two attached hydrogens (primary N) is 1. The molecular weight excluding hydrogens is 196 g/mol. The minimum atomic E-state index is -0.122. The van der Waals surface area contributed by atoms with Crippen molar-refractivity contribution in [3.63, 3.8) is 0 Å². The van der Waals surface area contributed by atoms with Gasteiger partial charge in [-0.2, -0.15) is 0 Å². The molecule has 1 atom stereocenters. The molecule has 1 unspecified atom stereocenters. The van der Waals surface area contributed by atoms with Gasteiger partial charge in [0.15, 0.2) is 0 Å². The van der Waals surface area contributed by atoms with Crippen molar-refractivity contribution >= 4 is 11.3 Å². The van der Waals surface area contributed by atoms with Crippen LogP contribution in [0.3, 0.4) is 0 Å². The summed E-state index contributed by atoms with van der Waals surface area (Å²) in [6.45, 7) is 1.80. The molecule has 3 nitrogen and oxygen atoms in total. The maximum absolute atomic E-state index is 8.79. The van der Waals surface area contributed by atoms with Crippen LogP contribution in [0.25, 0.3) is 0 Å². The Balaban J connectivity index is 2.18. The Labute approximate surface area is 89.2 Å². The molecule has 80 valence electrons. The highest BCUT2D eigenvalue weighted by Gasteiger charge is 2.05. The van der Waals surface area contributed by atoms with Gasteiger partial charge in [0.1, 0.15) is 0 Å². The molecule has 0 bridgehead atoms. The third kappa shape index (κ3) is 4.19. The fraction of sp³-hybridized carbons (Fsp3) is 0.600. The summed E-state index contributed by atoms with van der Waals surface area (Å²) in [4.78, 5) is 3.55. The van der Waals surface area contributed by atoms with E-state index >= 15 is 0 Å². The van der Waals surface area contributed by atoms with Gasteiger partial charge in [0.05, 0.1) is 6.61 Å². The molecule has 0 saturated heterocycles. The zero-order valence-corrected chi connectivity index (χ0v) is 9.33. The molecule has 4 heteroatoms. The number of rotatable bonds is 6. The topological polar surface area (TPSA) is 49.5 Å². The molecule has 0 radical (unpaired) electrons. The second-order valence-electron chi connectivity index (χ2n) is 3.53. The van der Waals surface area contributed by atoms with Crippen LogP contribution in [0.1, 0.15) is 4.88 Å². The Morgan fingerprint density at radius 3 is 3.00 bits per heavy atom. The van der Waals surface area contributed by atoms with E-state index in [1.54, 1.807) is 11.3 Å². The fourth-order valence-corrected chi connectivity index (χ4v) is 2.00. The van der Waals surface area contributed by atoms with Crippen molar-refractivity contribution < 1.29 is 5.11 Å². The van der Waals surface area contributed by atoms with E-state index in [0.29, 0.717) is 0 Å². The molecule has 3 N–H and O–H groups in total. The summed E-state index contributed by atoms with van der Waals surface area (Å²) in [5.74, 6) is 0. The van der Waals surface area contributed by atoms with E-state index in [4.69, 9.17) is 10.8 Å². The van der Waals surface area contributed by atoms with Gasteiger partial charge >= 0.3 is 0 Å². The summed E-state index contributed by atoms with van der Waals surface area (Å²) < 4.78 is 0. The van der Waals surface area contributed by atoms with Gasteiger partial charge in [-0.05, 0) is 24.9 Å². The molecule has 0 amide bonds. The lowest BCUT2D eigenvalue weighted by Crippen LogP contribution is -2.38. The van der Waals surface area contributed by atoms with Crippen molar-refractivity contribution in [1.29, 1.82) is 0 Å². The fourth-order valence-electron chi connectivity index (χ4n) is 1.31. The minimum Gasteiger partial charge on any atom is -0.395 e. The predicted molar refractivity (Wildman–Crippen MR) is 60.6 cm³/mol. The number of likely N-dealkylation sites (N-methyl/N-ethyl adjacent to an activating group) is 1. The van der Waals surface area contributed by atoms with Crippen molar-refractivity contribution in [3.8, 4) is 0 Å². The quantitative estimate of drug-likeness (QED) is 0.727. The summed E-state index contributed by atoms with van der Waals surface area (Å²) >= 11 is 1.78. The number of hydrogen-bond donors (Lipinski definition) is 2. The monoisotopic (exact) mass is 214 g/mol. The molecule has 14 heavy (non-hydrogen) atoms. The summed E-state index contributed by atoms with van der Waals surface area (Å²) in [6.07, 6.45) is 1.06. The third-order valence-electron chi connectivity index (χ3n) is 2.10. The predicted octanol–water partition coefficient (Wildman–Crippen LogP) is 0.542. The summed E-state index contributed by atoms with van der Waals surface area (Å²) in [7, 11) is 2.03. The molecule has 1 aromatic rings. The number of thiophene rings is 1. The Morgan fingerprint density at radius 1 is 1.64 bits per heavy atom. The van der Waals surface area contributed by atoms with Gasteiger partial charge in [-0.1, -0.05) is 6.07 Å². The molecule has 0 aliphatic rings. The maximum atomic E-state index is 8.79. The van der Waals surface area contributed by atoms with Crippen molar-refractivity contribution in [3.05, 3.63) is 22.4 Å². The molecule has 0 aliphatic heterocycles. The number of aliphatic hydroxyl groups excluding tert-OH is 1. The van der Waals surface area contributed by atoms with Crippen LogP contribution in [-0.2, 0) is 6.42 Å². The Hall–Kier alpha value is -0.420. The van der Waals surface area contributed by atoms with E-state index in [1.807, 2.05) is 7.05 Å². The molecule has 1 rings (SSSR count). The lowest BCUT2D eigenvalue weighted by Gasteiger charge is -2.19. The number of hydrogen-bond acceptors (Lipinski definition) is 4. The summed E-state index contributed by atoms with van der Waals surface area (Å²) in [5.41, 5.74) is 5.63. The SMILES string of the molecule is CN(CCc1cccs1)CC(N)CO. The Morgan fingerprint density at radius 2 is 2.43 bits per heavy atom. The average Bonchev–Trinajstić information content (AvgIpc) is 2.67. The van der Waals surface area contributed by atoms with Crippen LogP contribution in [0.2, 0.25) is 0 Å². The Kier molecular flexibility index (Phi) is 5.11. The second-order valence-corrected chi connectivity index (χ2v) is 4.57. The van der Waals surface area contributed by atoms with Crippen molar-refractivity contribution in [2.45, 2.75) is 12.5 Å². The lowest BCUT2D eigenvalue weighted by molar-refractivity contribution is 0.223. The van der Waals surface area contributed by atoms with Crippen molar-refractivity contribution in [2.24, 2.45) is 5.73 Å². The first-order valence-corrected chi connectivity index (χ1v) is 5.67. The first-order chi connectivity index (χ1) is 6.72. The van der Waals surface area contributed by atoms with Crippen LogP contribution in [0.15, 0.2) is 17.5 Å². The third-order valence-corrected chi connectivity index (χ3v) is 3.04. The first-order valence-electron chi connectivity index (χ1n) is 4.79. The minimum absolute atomic E-state index is 0.0589. The molecule has 0 fully saturated rings. The van der Waals surface area contributed by atoms with E-state index in [1.165, 1.54) is 4.88 Å². The molecule has 1 heterocycles. The van der Waals surface area contributed by atoms with Crippen molar-refractivity contribution in [1.82, 2.24) is 4.90 Å². The normalized spacial score (nSPS) is 13.4. The molecular formula is C10H18N2OS. The van der Waals surface area contributed by atoms with Gasteiger partial charge in [-0.15, -0.1) is 11.3 Å². The van der Waals surface area contributed by atoms with Crippen LogP contribution in [0, 0.1) is 0 Å². The van der Waals surface area contributed by atoms with Gasteiger partial charge in [0, 0.05) is 24.0 Å². The highest BCUT2D eigenvalue weighted by atomic mass is 32.1. The largest absolute Gasteiger partial charge is 0.395 e. The van der Waals surface area contributed by atoms with Crippen LogP contribution < -0.4 is 5.73 Å². The van der Waals surface area contributed by atoms with E-state index < -0.39 is 0 Å². The Bertz CT molecular complexity index is 238. The van der Waals surface area contributed by atoms with Gasteiger partial charge in [-0.3, -0.25) is 0 Å². The number of nitrogens with zero attached hydrogens (tertiary/aromatic N) is 1. The lowest BCUT2D eigenvalue weighted by atomic mass is 10.3. The average molecular weight is 214 g/mol. The molecule has 0 aliphatic carbocycles. The zero-order valence-electron chi connectivity index (χ0n) is 8.52. The highest BCUT2D eigenvalue weighted by molar-refractivity contribution is 7.09. The van der Waals surface area contributed by atoms with Crippen LogP contribution in [-0.4, -0.2) is 42.8 Å². The van der Waals surface area contributed by atoms with Gasteiger partial charge in [0.2, 0.25) is 0 Å². The van der Waals surface area contributed by atoms with Gasteiger partial charge in [-0.25, -0.2) is 0 Å². The highest BCUT2D eigenvalue weighted by Crippen LogP contribution is 2.09. The van der Waals surface area contributed by atoms with E-state index in [-0.39, 0.29) is 12.6 Å². The first kappa shape index (κ1) is 11.7. The summed E-state index contributed by atoms with van der Waals surface area (Å²) in [5, 5.41) is 10.9. The van der Waals surface area contributed by atoms with Crippen LogP contribution in [0.5, 0.6) is 0 Å². The summed E-state index contributed by atoms with van der Waals surface area (Å²) in [6, 6.07) is 4.09. The van der Waals surface area contributed by atoms with E-state index in [0.717, 1.165) is 19.5 Å². The number of aliphatic hydroxyl groups is 1. The van der Waals surface area contributed by atoms with E-state index in [2.05, 4.69) is 22.4 Å². The van der Waals surface area contributed by atoms with Crippen LogP contribution >= 0.6 is 11.3 Å². The molecule has 0 saturated carbocycles. The standard InChI is InChI=1S/C10H18N2OS/c1-12(7-9(11)8-13)5-4-10-3-2-6-14-10/h2-3,6,9,13H,4-5,7-8,11H2,1H3. The van der Waals surface area contributed by atoms with Gasteiger partial charge < -0.3 is 15.7 Å². The molecule has 0 spiro atoms. The van der Waals surface area contributed by atoms with E-state index in [9.17, 15) is 0 Å².